The van der Waals surface area contributed by atoms with Crippen molar-refractivity contribution in [2.75, 3.05) is 38.2 Å². The van der Waals surface area contributed by atoms with Crippen LogP contribution >= 0.6 is 0 Å². The maximum absolute atomic E-state index is 8.68. The fourth-order valence-electron chi connectivity index (χ4n) is 2.43. The van der Waals surface area contributed by atoms with Gasteiger partial charge >= 0.3 is 0 Å². The minimum atomic E-state index is 0.331. The zero-order valence-corrected chi connectivity index (χ0v) is 13.6. The molecule has 0 atom stereocenters. The standard InChI is InChI=1S/C18H32N2O/c1-20(18-12-6-4-7-13-18)16-10-3-2-8-14-19-15-9-5-11-17-21/h4,6-7,12-13,19,21H,2-3,5,8-11,14-17H2,1H3. The van der Waals surface area contributed by atoms with Crippen molar-refractivity contribution in [3.05, 3.63) is 30.3 Å². The number of nitrogens with one attached hydrogen (secondary N) is 1. The Morgan fingerprint density at radius 2 is 1.48 bits per heavy atom. The summed E-state index contributed by atoms with van der Waals surface area (Å²) in [5.41, 5.74) is 1.31. The molecule has 0 bridgehead atoms. The van der Waals surface area contributed by atoms with Gasteiger partial charge in [-0.2, -0.15) is 0 Å². The third kappa shape index (κ3) is 9.48. The van der Waals surface area contributed by atoms with Crippen molar-refractivity contribution >= 4 is 5.69 Å². The van der Waals surface area contributed by atoms with Crippen LogP contribution in [0.15, 0.2) is 30.3 Å². The molecule has 3 nitrogen and oxygen atoms in total. The van der Waals surface area contributed by atoms with Crippen molar-refractivity contribution in [2.45, 2.75) is 44.9 Å². The SMILES string of the molecule is CN(CCCCCCNCCCCCO)c1ccccc1. The fourth-order valence-corrected chi connectivity index (χ4v) is 2.43. The van der Waals surface area contributed by atoms with Gasteiger partial charge in [0.25, 0.3) is 0 Å². The number of nitrogens with zero attached hydrogens (tertiary/aromatic N) is 1. The molecular formula is C18H32N2O. The van der Waals surface area contributed by atoms with E-state index >= 15 is 0 Å². The van der Waals surface area contributed by atoms with E-state index in [0.29, 0.717) is 6.61 Å². The first-order valence-corrected chi connectivity index (χ1v) is 8.42. The number of benzene rings is 1. The van der Waals surface area contributed by atoms with Crippen molar-refractivity contribution in [3.63, 3.8) is 0 Å². The van der Waals surface area contributed by atoms with Gasteiger partial charge < -0.3 is 15.3 Å². The monoisotopic (exact) mass is 292 g/mol. The van der Waals surface area contributed by atoms with Gasteiger partial charge in [-0.15, -0.1) is 0 Å². The van der Waals surface area contributed by atoms with Gasteiger partial charge in [0, 0.05) is 25.9 Å². The van der Waals surface area contributed by atoms with E-state index in [4.69, 9.17) is 5.11 Å². The molecule has 0 saturated carbocycles. The van der Waals surface area contributed by atoms with Crippen LogP contribution in [0.25, 0.3) is 0 Å². The molecule has 21 heavy (non-hydrogen) atoms. The van der Waals surface area contributed by atoms with Gasteiger partial charge in [-0.05, 0) is 57.3 Å². The van der Waals surface area contributed by atoms with Gasteiger partial charge in [-0.1, -0.05) is 31.0 Å². The van der Waals surface area contributed by atoms with Gasteiger partial charge in [-0.3, -0.25) is 0 Å². The first-order valence-electron chi connectivity index (χ1n) is 8.42. The molecule has 1 aromatic rings. The normalized spacial score (nSPS) is 10.8. The molecule has 0 heterocycles. The van der Waals surface area contributed by atoms with Crippen LogP contribution in [0.2, 0.25) is 0 Å². The van der Waals surface area contributed by atoms with Gasteiger partial charge in [0.2, 0.25) is 0 Å². The van der Waals surface area contributed by atoms with Crippen LogP contribution in [0, 0.1) is 0 Å². The molecule has 0 saturated heterocycles. The molecule has 0 fully saturated rings. The summed E-state index contributed by atoms with van der Waals surface area (Å²) in [5, 5.41) is 12.2. The van der Waals surface area contributed by atoms with Crippen LogP contribution in [0.5, 0.6) is 0 Å². The first kappa shape index (κ1) is 18.0. The number of hydrogen-bond acceptors (Lipinski definition) is 3. The Morgan fingerprint density at radius 3 is 2.14 bits per heavy atom. The zero-order chi connectivity index (χ0) is 15.2. The summed E-state index contributed by atoms with van der Waals surface area (Å²) in [6, 6.07) is 10.6. The third-order valence-electron chi connectivity index (χ3n) is 3.81. The molecule has 1 aromatic carbocycles. The minimum absolute atomic E-state index is 0.331. The van der Waals surface area contributed by atoms with E-state index in [1.807, 2.05) is 0 Å². The highest BCUT2D eigenvalue weighted by atomic mass is 16.2. The average molecular weight is 292 g/mol. The quantitative estimate of drug-likeness (QED) is 0.547. The molecule has 0 aliphatic carbocycles. The van der Waals surface area contributed by atoms with Crippen LogP contribution in [-0.2, 0) is 0 Å². The number of aliphatic hydroxyl groups excluding tert-OH is 1. The summed E-state index contributed by atoms with van der Waals surface area (Å²) in [4.78, 5) is 2.33. The molecule has 0 aliphatic rings. The summed E-state index contributed by atoms with van der Waals surface area (Å²) in [7, 11) is 2.17. The van der Waals surface area contributed by atoms with E-state index in [9.17, 15) is 0 Å². The average Bonchev–Trinajstić information content (AvgIpc) is 2.53. The summed E-state index contributed by atoms with van der Waals surface area (Å²) in [6.45, 7) is 3.69. The minimum Gasteiger partial charge on any atom is -0.396 e. The number of hydrogen-bond donors (Lipinski definition) is 2. The Hall–Kier alpha value is -1.06. The molecule has 120 valence electrons. The van der Waals surface area contributed by atoms with Crippen molar-refractivity contribution in [2.24, 2.45) is 0 Å². The van der Waals surface area contributed by atoms with Crippen molar-refractivity contribution < 1.29 is 5.11 Å². The lowest BCUT2D eigenvalue weighted by atomic mass is 10.2. The number of anilines is 1. The lowest BCUT2D eigenvalue weighted by Crippen LogP contribution is -2.18. The smallest absolute Gasteiger partial charge is 0.0431 e. The Bertz CT molecular complexity index is 329. The van der Waals surface area contributed by atoms with E-state index in [2.05, 4.69) is 47.6 Å². The molecular weight excluding hydrogens is 260 g/mol. The summed E-state index contributed by atoms with van der Waals surface area (Å²) in [5.74, 6) is 0. The number of aliphatic hydroxyl groups is 1. The highest BCUT2D eigenvalue weighted by Gasteiger charge is 1.99. The topological polar surface area (TPSA) is 35.5 Å². The van der Waals surface area contributed by atoms with Crippen LogP contribution < -0.4 is 10.2 Å². The number of rotatable bonds is 13. The first-order chi connectivity index (χ1) is 10.3. The van der Waals surface area contributed by atoms with Crippen LogP contribution in [0.3, 0.4) is 0 Å². The van der Waals surface area contributed by atoms with E-state index in [1.54, 1.807) is 0 Å². The summed E-state index contributed by atoms with van der Waals surface area (Å²) >= 11 is 0. The van der Waals surface area contributed by atoms with E-state index < -0.39 is 0 Å². The predicted molar refractivity (Wildman–Crippen MR) is 92.0 cm³/mol. The lowest BCUT2D eigenvalue weighted by Gasteiger charge is -2.18. The van der Waals surface area contributed by atoms with Crippen molar-refractivity contribution in [3.8, 4) is 0 Å². The maximum atomic E-state index is 8.68. The fraction of sp³-hybridized carbons (Fsp3) is 0.667. The molecule has 2 N–H and O–H groups in total. The van der Waals surface area contributed by atoms with Crippen LogP contribution in [-0.4, -0.2) is 38.4 Å². The zero-order valence-electron chi connectivity index (χ0n) is 13.6. The number of para-hydroxylation sites is 1. The van der Waals surface area contributed by atoms with Crippen LogP contribution in [0.1, 0.15) is 44.9 Å². The van der Waals surface area contributed by atoms with Crippen molar-refractivity contribution in [1.29, 1.82) is 0 Å². The van der Waals surface area contributed by atoms with Gasteiger partial charge in [0.05, 0.1) is 0 Å². The second kappa shape index (κ2) is 12.7. The second-order valence-electron chi connectivity index (χ2n) is 5.71. The van der Waals surface area contributed by atoms with Gasteiger partial charge in [0.15, 0.2) is 0 Å². The number of unbranched alkanes of at least 4 members (excludes halogenated alkanes) is 5. The maximum Gasteiger partial charge on any atom is 0.0431 e. The highest BCUT2D eigenvalue weighted by molar-refractivity contribution is 5.44. The Morgan fingerprint density at radius 1 is 0.857 bits per heavy atom. The largest absolute Gasteiger partial charge is 0.396 e. The molecule has 0 unspecified atom stereocenters. The highest BCUT2D eigenvalue weighted by Crippen LogP contribution is 2.12. The lowest BCUT2D eigenvalue weighted by molar-refractivity contribution is 0.283. The Labute approximate surface area is 130 Å². The Balaban J connectivity index is 1.86. The molecule has 0 radical (unpaired) electrons. The van der Waals surface area contributed by atoms with E-state index in [-0.39, 0.29) is 0 Å². The molecule has 3 heteroatoms. The molecule has 0 amide bonds. The van der Waals surface area contributed by atoms with Gasteiger partial charge in [0.1, 0.15) is 0 Å². The van der Waals surface area contributed by atoms with Crippen molar-refractivity contribution in [1.82, 2.24) is 5.32 Å². The summed E-state index contributed by atoms with van der Waals surface area (Å²) < 4.78 is 0. The molecule has 0 spiro atoms. The molecule has 0 aliphatic heterocycles. The molecule has 0 aromatic heterocycles. The van der Waals surface area contributed by atoms with Crippen LogP contribution in [0.4, 0.5) is 5.69 Å². The predicted octanol–water partition coefficient (Wildman–Crippen LogP) is 3.44. The third-order valence-corrected chi connectivity index (χ3v) is 3.81. The van der Waals surface area contributed by atoms with E-state index in [0.717, 1.165) is 32.5 Å². The second-order valence-corrected chi connectivity index (χ2v) is 5.71. The molecule has 1 rings (SSSR count). The van der Waals surface area contributed by atoms with E-state index in [1.165, 1.54) is 37.8 Å². The Kier molecular flexibility index (Phi) is 10.8. The summed E-state index contributed by atoms with van der Waals surface area (Å²) in [6.07, 6.45) is 8.42. The van der Waals surface area contributed by atoms with Gasteiger partial charge in [-0.25, -0.2) is 0 Å².